The number of rotatable bonds is 1. The lowest BCUT2D eigenvalue weighted by molar-refractivity contribution is -0.101. The Morgan fingerprint density at radius 3 is 2.17 bits per heavy atom. The summed E-state index contributed by atoms with van der Waals surface area (Å²) in [6.45, 7) is 3.62. The molecule has 3 rings (SSSR count). The van der Waals surface area contributed by atoms with Crippen LogP contribution in [0.15, 0.2) is 24.3 Å². The summed E-state index contributed by atoms with van der Waals surface area (Å²) in [6, 6.07) is 7.62. The van der Waals surface area contributed by atoms with Crippen molar-refractivity contribution in [2.24, 2.45) is 5.92 Å². The summed E-state index contributed by atoms with van der Waals surface area (Å²) >= 11 is 5.94. The van der Waals surface area contributed by atoms with Gasteiger partial charge in [-0.3, -0.25) is 0 Å². The third-order valence-electron chi connectivity index (χ3n) is 4.19. The number of halogens is 4. The van der Waals surface area contributed by atoms with Gasteiger partial charge in [0.15, 0.2) is 0 Å². The summed E-state index contributed by atoms with van der Waals surface area (Å²) in [4.78, 5) is -3.40. The molecule has 1 saturated heterocycles. The van der Waals surface area contributed by atoms with Gasteiger partial charge in [0.05, 0.1) is 10.7 Å². The summed E-state index contributed by atoms with van der Waals surface area (Å²) < 4.78 is 33.7. The van der Waals surface area contributed by atoms with E-state index in [1.54, 1.807) is 6.92 Å². The average molecular weight is 382 g/mol. The van der Waals surface area contributed by atoms with E-state index in [9.17, 15) is 8.78 Å². The van der Waals surface area contributed by atoms with Crippen LogP contribution in [0.25, 0.3) is 0 Å². The molecule has 5 heteroatoms. The molecule has 0 radical (unpaired) electrons. The van der Waals surface area contributed by atoms with Gasteiger partial charge >= 0.3 is 4.83 Å². The highest BCUT2D eigenvalue weighted by Gasteiger charge is 2.71. The molecule has 0 N–H and O–H groups in total. The highest BCUT2D eigenvalue weighted by Crippen LogP contribution is 2.67. The number of fused-ring (bicyclic) bond motifs is 5. The molecular weight excluding hydrogens is 370 g/mol. The van der Waals surface area contributed by atoms with Gasteiger partial charge in [-0.1, -0.05) is 40.2 Å². The molecule has 0 spiro atoms. The zero-order valence-corrected chi connectivity index (χ0v) is 13.1. The van der Waals surface area contributed by atoms with Crippen LogP contribution in [-0.4, -0.2) is 9.66 Å². The molecule has 0 aliphatic carbocycles. The van der Waals surface area contributed by atoms with Crippen LogP contribution in [0.4, 0.5) is 8.78 Å². The molecule has 1 nitrogen and oxygen atoms in total. The average Bonchev–Trinajstić information content (AvgIpc) is 2.60. The van der Waals surface area contributed by atoms with Crippen molar-refractivity contribution in [3.8, 4) is 0 Å². The second-order valence-electron chi connectivity index (χ2n) is 5.28. The molecule has 1 aromatic rings. The van der Waals surface area contributed by atoms with Crippen molar-refractivity contribution in [3.63, 3.8) is 0 Å². The molecule has 2 aliphatic rings. The van der Waals surface area contributed by atoms with Crippen molar-refractivity contribution >= 4 is 31.9 Å². The predicted octanol–water partition coefficient (Wildman–Crippen LogP) is 4.53. The first kappa shape index (κ1) is 13.0. The summed E-state index contributed by atoms with van der Waals surface area (Å²) in [5.74, 6) is -0.940. The number of benzene rings is 1. The highest BCUT2D eigenvalue weighted by atomic mass is 79.9. The molecule has 2 heterocycles. The van der Waals surface area contributed by atoms with Crippen LogP contribution in [0.5, 0.6) is 0 Å². The Morgan fingerprint density at radius 1 is 1.17 bits per heavy atom. The van der Waals surface area contributed by atoms with Gasteiger partial charge in [0.2, 0.25) is 0 Å². The lowest BCUT2D eigenvalue weighted by Gasteiger charge is -2.37. The number of hydrogen-bond acceptors (Lipinski definition) is 1. The Balaban J connectivity index is 2.25. The van der Waals surface area contributed by atoms with Gasteiger partial charge in [-0.25, -0.2) is 0 Å². The van der Waals surface area contributed by atoms with Crippen LogP contribution in [0.2, 0.25) is 0 Å². The SMILES string of the molecule is C[C@]12O[C@](C)(c3ccccc31)[C@H](Br)[C@H]2C(F)(F)Br. The van der Waals surface area contributed by atoms with Gasteiger partial charge in [-0.05, 0) is 40.9 Å². The first-order valence-electron chi connectivity index (χ1n) is 5.72. The summed E-state index contributed by atoms with van der Waals surface area (Å²) in [6.07, 6.45) is 0. The minimum atomic E-state index is -2.97. The third-order valence-corrected chi connectivity index (χ3v) is 6.08. The van der Waals surface area contributed by atoms with Gasteiger partial charge < -0.3 is 4.74 Å². The predicted molar refractivity (Wildman–Crippen MR) is 72.3 cm³/mol. The van der Waals surface area contributed by atoms with E-state index >= 15 is 0 Å². The van der Waals surface area contributed by atoms with Gasteiger partial charge in [0.1, 0.15) is 11.2 Å². The van der Waals surface area contributed by atoms with E-state index in [1.807, 2.05) is 31.2 Å². The number of alkyl halides is 4. The first-order chi connectivity index (χ1) is 8.21. The van der Waals surface area contributed by atoms with Crippen LogP contribution >= 0.6 is 31.9 Å². The lowest BCUT2D eigenvalue weighted by atomic mass is 9.71. The number of ether oxygens (including phenoxy) is 1. The Hall–Kier alpha value is -0.000000000000000111. The van der Waals surface area contributed by atoms with Crippen molar-refractivity contribution in [1.29, 1.82) is 0 Å². The van der Waals surface area contributed by atoms with E-state index in [-0.39, 0.29) is 0 Å². The fourth-order valence-corrected chi connectivity index (χ4v) is 5.64. The monoisotopic (exact) mass is 380 g/mol. The Bertz CT molecular complexity index is 516. The quantitative estimate of drug-likeness (QED) is 0.649. The Kier molecular flexibility index (Phi) is 2.57. The minimum Gasteiger partial charge on any atom is -0.358 e. The molecule has 2 aliphatic heterocycles. The topological polar surface area (TPSA) is 9.23 Å². The molecule has 0 aromatic heterocycles. The normalized spacial score (nSPS) is 42.1. The van der Waals surface area contributed by atoms with Crippen LogP contribution in [0, 0.1) is 5.92 Å². The zero-order chi connectivity index (χ0) is 13.3. The molecule has 18 heavy (non-hydrogen) atoms. The van der Waals surface area contributed by atoms with E-state index in [0.29, 0.717) is 0 Å². The van der Waals surface area contributed by atoms with E-state index in [0.717, 1.165) is 11.1 Å². The smallest absolute Gasteiger partial charge is 0.308 e. The second-order valence-corrected chi connectivity index (χ2v) is 7.33. The lowest BCUT2D eigenvalue weighted by Crippen LogP contribution is -2.45. The number of hydrogen-bond donors (Lipinski definition) is 0. The van der Waals surface area contributed by atoms with Crippen LogP contribution in [-0.2, 0) is 15.9 Å². The molecule has 1 aromatic carbocycles. The maximum atomic E-state index is 13.9. The fraction of sp³-hybridized carbons (Fsp3) is 0.538. The molecule has 98 valence electrons. The maximum absolute atomic E-state index is 13.9. The molecule has 2 bridgehead atoms. The molecule has 1 fully saturated rings. The maximum Gasteiger partial charge on any atom is 0.308 e. The molecule has 4 atom stereocenters. The van der Waals surface area contributed by atoms with Crippen molar-refractivity contribution < 1.29 is 13.5 Å². The van der Waals surface area contributed by atoms with E-state index in [1.165, 1.54) is 0 Å². The Labute approximate surface area is 121 Å². The van der Waals surface area contributed by atoms with Crippen molar-refractivity contribution in [2.45, 2.75) is 34.7 Å². The fourth-order valence-electron chi connectivity index (χ4n) is 3.41. The minimum absolute atomic E-state index is 0.431. The largest absolute Gasteiger partial charge is 0.358 e. The van der Waals surface area contributed by atoms with E-state index in [4.69, 9.17) is 4.74 Å². The van der Waals surface area contributed by atoms with Crippen molar-refractivity contribution in [1.82, 2.24) is 0 Å². The summed E-state index contributed by atoms with van der Waals surface area (Å²) in [5, 5.41) is 0. The first-order valence-corrected chi connectivity index (χ1v) is 7.43. The van der Waals surface area contributed by atoms with E-state index < -0.39 is 26.8 Å². The zero-order valence-electron chi connectivity index (χ0n) is 9.88. The van der Waals surface area contributed by atoms with Gasteiger partial charge in [0.25, 0.3) is 0 Å². The molecule has 0 unspecified atom stereocenters. The highest BCUT2D eigenvalue weighted by molar-refractivity contribution is 9.10. The standard InChI is InChI=1S/C13H12Br2F2O/c1-11-7-5-3-4-6-8(7)12(2,18-11)10(14)9(11)13(15,16)17/h3-6,9-10H,1-2H3/t9-,10-,11+,12-/m1/s1. The summed E-state index contributed by atoms with van der Waals surface area (Å²) in [7, 11) is 0. The van der Waals surface area contributed by atoms with Gasteiger partial charge in [-0.15, -0.1) is 0 Å². The van der Waals surface area contributed by atoms with Crippen molar-refractivity contribution in [2.75, 3.05) is 0 Å². The molecule has 0 saturated carbocycles. The van der Waals surface area contributed by atoms with Crippen LogP contribution in [0.3, 0.4) is 0 Å². The second kappa shape index (κ2) is 3.55. The Morgan fingerprint density at radius 2 is 1.67 bits per heavy atom. The summed E-state index contributed by atoms with van der Waals surface area (Å²) in [5.41, 5.74) is 0.203. The molecular formula is C13H12Br2F2O. The van der Waals surface area contributed by atoms with Crippen molar-refractivity contribution in [3.05, 3.63) is 35.4 Å². The van der Waals surface area contributed by atoms with Gasteiger partial charge in [-0.2, -0.15) is 8.78 Å². The van der Waals surface area contributed by atoms with Crippen LogP contribution < -0.4 is 0 Å². The van der Waals surface area contributed by atoms with E-state index in [2.05, 4.69) is 31.9 Å². The van der Waals surface area contributed by atoms with Crippen LogP contribution in [0.1, 0.15) is 25.0 Å². The third kappa shape index (κ3) is 1.38. The van der Waals surface area contributed by atoms with Gasteiger partial charge in [0, 0.05) is 0 Å². The molecule has 0 amide bonds.